The number of aromatic nitrogens is 2. The number of nitrogens with zero attached hydrogens (tertiary/aromatic N) is 2. The summed E-state index contributed by atoms with van der Waals surface area (Å²) < 4.78 is 6.24. The Morgan fingerprint density at radius 1 is 1.50 bits per heavy atom. The Bertz CT molecular complexity index is 355. The Morgan fingerprint density at radius 3 is 3.00 bits per heavy atom. The highest BCUT2D eigenvalue weighted by Crippen LogP contribution is 2.28. The molecule has 1 aromatic heterocycles. The van der Waals surface area contributed by atoms with E-state index in [1.165, 1.54) is 6.33 Å². The lowest BCUT2D eigenvalue weighted by molar-refractivity contribution is 0.345. The standard InChI is InChI=1S/C11H16BrN3O/c1-3-5-7-16-11-9(12)10(13-6-4-2)14-8-15-11/h3,5,8H,4,6-7H2,1-2H3,(H,13,14,15)/b5-3+. The van der Waals surface area contributed by atoms with E-state index in [1.54, 1.807) is 0 Å². The number of allylic oxidation sites excluding steroid dienone is 1. The van der Waals surface area contributed by atoms with Gasteiger partial charge in [-0.3, -0.25) is 0 Å². The Hall–Kier alpha value is -1.10. The maximum Gasteiger partial charge on any atom is 0.233 e. The normalized spacial score (nSPS) is 10.7. The quantitative estimate of drug-likeness (QED) is 0.817. The summed E-state index contributed by atoms with van der Waals surface area (Å²) in [5, 5.41) is 3.20. The molecule has 0 amide bonds. The van der Waals surface area contributed by atoms with Crippen LogP contribution in [0.3, 0.4) is 0 Å². The lowest BCUT2D eigenvalue weighted by Gasteiger charge is -2.09. The molecule has 0 atom stereocenters. The summed E-state index contributed by atoms with van der Waals surface area (Å²) in [4.78, 5) is 8.20. The average Bonchev–Trinajstić information content (AvgIpc) is 2.30. The summed E-state index contributed by atoms with van der Waals surface area (Å²) in [7, 11) is 0. The number of anilines is 1. The zero-order valence-electron chi connectivity index (χ0n) is 9.53. The third kappa shape index (κ3) is 3.81. The minimum atomic E-state index is 0.513. The molecule has 88 valence electrons. The van der Waals surface area contributed by atoms with Gasteiger partial charge in [0, 0.05) is 6.54 Å². The molecule has 1 N–H and O–H groups in total. The van der Waals surface area contributed by atoms with Crippen LogP contribution in [0.1, 0.15) is 20.3 Å². The number of nitrogens with one attached hydrogen (secondary N) is 1. The van der Waals surface area contributed by atoms with Gasteiger partial charge >= 0.3 is 0 Å². The molecule has 1 heterocycles. The van der Waals surface area contributed by atoms with E-state index >= 15 is 0 Å². The summed E-state index contributed by atoms with van der Waals surface area (Å²) in [6.45, 7) is 5.45. The van der Waals surface area contributed by atoms with Gasteiger partial charge < -0.3 is 10.1 Å². The third-order valence-electron chi connectivity index (χ3n) is 1.85. The van der Waals surface area contributed by atoms with Crippen LogP contribution in [0.25, 0.3) is 0 Å². The molecule has 0 fully saturated rings. The van der Waals surface area contributed by atoms with E-state index < -0.39 is 0 Å². The highest BCUT2D eigenvalue weighted by molar-refractivity contribution is 9.10. The number of halogens is 1. The first kappa shape index (κ1) is 13.0. The second-order valence-electron chi connectivity index (χ2n) is 3.15. The van der Waals surface area contributed by atoms with Gasteiger partial charge in [0.05, 0.1) is 0 Å². The molecule has 1 aromatic rings. The van der Waals surface area contributed by atoms with Crippen LogP contribution in [0.2, 0.25) is 0 Å². The van der Waals surface area contributed by atoms with Crippen LogP contribution in [-0.4, -0.2) is 23.1 Å². The Kier molecular flexibility index (Phi) is 5.85. The number of hydrogen-bond donors (Lipinski definition) is 1. The molecule has 0 aliphatic rings. The smallest absolute Gasteiger partial charge is 0.233 e. The van der Waals surface area contributed by atoms with Crippen LogP contribution < -0.4 is 10.1 Å². The van der Waals surface area contributed by atoms with Crippen molar-refractivity contribution < 1.29 is 4.74 Å². The van der Waals surface area contributed by atoms with Crippen molar-refractivity contribution in [2.24, 2.45) is 0 Å². The van der Waals surface area contributed by atoms with E-state index in [1.807, 2.05) is 19.1 Å². The van der Waals surface area contributed by atoms with E-state index in [-0.39, 0.29) is 0 Å². The second-order valence-corrected chi connectivity index (χ2v) is 3.94. The van der Waals surface area contributed by atoms with Crippen LogP contribution in [0, 0.1) is 0 Å². The minimum absolute atomic E-state index is 0.513. The maximum absolute atomic E-state index is 5.47. The molecule has 0 saturated heterocycles. The maximum atomic E-state index is 5.47. The molecule has 0 aliphatic carbocycles. The van der Waals surface area contributed by atoms with E-state index in [0.29, 0.717) is 12.5 Å². The largest absolute Gasteiger partial charge is 0.473 e. The highest BCUT2D eigenvalue weighted by atomic mass is 79.9. The van der Waals surface area contributed by atoms with Gasteiger partial charge in [-0.15, -0.1) is 0 Å². The van der Waals surface area contributed by atoms with Crippen molar-refractivity contribution in [3.05, 3.63) is 23.0 Å². The fraction of sp³-hybridized carbons (Fsp3) is 0.455. The van der Waals surface area contributed by atoms with Crippen LogP contribution in [0.5, 0.6) is 5.88 Å². The Labute approximate surface area is 104 Å². The van der Waals surface area contributed by atoms with Gasteiger partial charge in [-0.2, -0.15) is 0 Å². The molecule has 5 heteroatoms. The van der Waals surface area contributed by atoms with Crippen LogP contribution >= 0.6 is 15.9 Å². The molecule has 0 aromatic carbocycles. The molecule has 16 heavy (non-hydrogen) atoms. The van der Waals surface area contributed by atoms with E-state index in [0.717, 1.165) is 23.3 Å². The summed E-state index contributed by atoms with van der Waals surface area (Å²) in [6, 6.07) is 0. The van der Waals surface area contributed by atoms with Gasteiger partial charge in [0.25, 0.3) is 0 Å². The predicted molar refractivity (Wildman–Crippen MR) is 68.8 cm³/mol. The number of ether oxygens (including phenoxy) is 1. The van der Waals surface area contributed by atoms with Crippen molar-refractivity contribution in [3.8, 4) is 5.88 Å². The Balaban J connectivity index is 2.69. The monoisotopic (exact) mass is 285 g/mol. The SMILES string of the molecule is C/C=C/COc1ncnc(NCCC)c1Br. The topological polar surface area (TPSA) is 47.0 Å². The van der Waals surface area contributed by atoms with Crippen molar-refractivity contribution in [1.82, 2.24) is 9.97 Å². The fourth-order valence-corrected chi connectivity index (χ4v) is 1.50. The molecule has 1 rings (SSSR count). The highest BCUT2D eigenvalue weighted by Gasteiger charge is 2.08. The van der Waals surface area contributed by atoms with E-state index in [4.69, 9.17) is 4.74 Å². The van der Waals surface area contributed by atoms with Gasteiger partial charge in [-0.05, 0) is 29.3 Å². The zero-order chi connectivity index (χ0) is 11.8. The third-order valence-corrected chi connectivity index (χ3v) is 2.57. The van der Waals surface area contributed by atoms with Crippen molar-refractivity contribution in [3.63, 3.8) is 0 Å². The molecule has 4 nitrogen and oxygen atoms in total. The fourth-order valence-electron chi connectivity index (χ4n) is 1.04. The van der Waals surface area contributed by atoms with Crippen molar-refractivity contribution >= 4 is 21.7 Å². The summed E-state index contributed by atoms with van der Waals surface area (Å²) in [6.07, 6.45) is 6.40. The van der Waals surface area contributed by atoms with Crippen LogP contribution in [-0.2, 0) is 0 Å². The molecule has 0 unspecified atom stereocenters. The molecule has 0 saturated carbocycles. The van der Waals surface area contributed by atoms with E-state index in [9.17, 15) is 0 Å². The second kappa shape index (κ2) is 7.22. The number of hydrogen-bond acceptors (Lipinski definition) is 4. The molecule has 0 aliphatic heterocycles. The van der Waals surface area contributed by atoms with E-state index in [2.05, 4.69) is 38.1 Å². The van der Waals surface area contributed by atoms with Crippen LogP contribution in [0.4, 0.5) is 5.82 Å². The molecule has 0 radical (unpaired) electrons. The molecular formula is C11H16BrN3O. The minimum Gasteiger partial charge on any atom is -0.473 e. The number of rotatable bonds is 6. The molecule has 0 bridgehead atoms. The summed E-state index contributed by atoms with van der Waals surface area (Å²) >= 11 is 3.43. The van der Waals surface area contributed by atoms with Gasteiger partial charge in [-0.25, -0.2) is 9.97 Å². The van der Waals surface area contributed by atoms with Gasteiger partial charge in [-0.1, -0.05) is 19.1 Å². The Morgan fingerprint density at radius 2 is 2.31 bits per heavy atom. The molecular weight excluding hydrogens is 270 g/mol. The first-order valence-electron chi connectivity index (χ1n) is 5.27. The lowest BCUT2D eigenvalue weighted by atomic mass is 10.4. The van der Waals surface area contributed by atoms with Crippen LogP contribution in [0.15, 0.2) is 23.0 Å². The summed E-state index contributed by atoms with van der Waals surface area (Å²) in [5.41, 5.74) is 0. The van der Waals surface area contributed by atoms with Gasteiger partial charge in [0.2, 0.25) is 5.88 Å². The first-order valence-corrected chi connectivity index (χ1v) is 6.07. The van der Waals surface area contributed by atoms with Gasteiger partial charge in [0.1, 0.15) is 23.2 Å². The first-order chi connectivity index (χ1) is 7.79. The van der Waals surface area contributed by atoms with Crippen molar-refractivity contribution in [2.45, 2.75) is 20.3 Å². The van der Waals surface area contributed by atoms with Gasteiger partial charge in [0.15, 0.2) is 0 Å². The van der Waals surface area contributed by atoms with Crippen molar-refractivity contribution in [2.75, 3.05) is 18.5 Å². The summed E-state index contributed by atoms with van der Waals surface area (Å²) in [5.74, 6) is 1.33. The molecule has 0 spiro atoms. The predicted octanol–water partition coefficient (Wildman–Crippen LogP) is 3.02. The average molecular weight is 286 g/mol. The zero-order valence-corrected chi connectivity index (χ0v) is 11.1. The lowest BCUT2D eigenvalue weighted by Crippen LogP contribution is -2.05. The van der Waals surface area contributed by atoms with Crippen molar-refractivity contribution in [1.29, 1.82) is 0 Å².